The number of methoxy groups -OCH3 is 1. The van der Waals surface area contributed by atoms with E-state index in [9.17, 15) is 9.18 Å². The molecule has 0 aromatic heterocycles. The molecule has 0 spiro atoms. The predicted octanol–water partition coefficient (Wildman–Crippen LogP) is 3.94. The van der Waals surface area contributed by atoms with Crippen molar-refractivity contribution in [2.24, 2.45) is 0 Å². The summed E-state index contributed by atoms with van der Waals surface area (Å²) >= 11 is 1.73. The van der Waals surface area contributed by atoms with Crippen LogP contribution in [-0.4, -0.2) is 54.8 Å². The van der Waals surface area contributed by atoms with Crippen molar-refractivity contribution in [3.05, 3.63) is 71.5 Å². The molecule has 1 amide bonds. The Hall–Kier alpha value is -1.89. The maximum atomic E-state index is 13.3. The van der Waals surface area contributed by atoms with Gasteiger partial charge in [0.1, 0.15) is 11.2 Å². The lowest BCUT2D eigenvalue weighted by Crippen LogP contribution is -2.40. The summed E-state index contributed by atoms with van der Waals surface area (Å²) in [6.45, 7) is 3.31. The van der Waals surface area contributed by atoms with E-state index in [1.165, 1.54) is 17.7 Å². The van der Waals surface area contributed by atoms with Crippen LogP contribution in [-0.2, 0) is 16.1 Å². The van der Waals surface area contributed by atoms with Crippen molar-refractivity contribution >= 4 is 17.7 Å². The Morgan fingerprint density at radius 3 is 2.68 bits per heavy atom. The van der Waals surface area contributed by atoms with Gasteiger partial charge in [0.2, 0.25) is 5.91 Å². The van der Waals surface area contributed by atoms with E-state index in [1.54, 1.807) is 31.0 Å². The minimum atomic E-state index is -0.253. The zero-order valence-corrected chi connectivity index (χ0v) is 17.0. The van der Waals surface area contributed by atoms with E-state index in [1.807, 2.05) is 23.1 Å². The van der Waals surface area contributed by atoms with Crippen LogP contribution in [0.1, 0.15) is 22.9 Å². The summed E-state index contributed by atoms with van der Waals surface area (Å²) in [5.41, 5.74) is 2.17. The lowest BCUT2D eigenvalue weighted by Gasteiger charge is -2.28. The Balaban J connectivity index is 1.66. The molecule has 1 atom stereocenters. The molecule has 28 heavy (non-hydrogen) atoms. The Morgan fingerprint density at radius 2 is 1.96 bits per heavy atom. The second-order valence-electron chi connectivity index (χ2n) is 6.90. The third kappa shape index (κ3) is 5.80. The van der Waals surface area contributed by atoms with Crippen molar-refractivity contribution in [1.29, 1.82) is 0 Å². The van der Waals surface area contributed by atoms with E-state index < -0.39 is 0 Å². The number of hydrogen-bond donors (Lipinski definition) is 0. The molecule has 0 aliphatic carbocycles. The van der Waals surface area contributed by atoms with Crippen LogP contribution in [0, 0.1) is 5.82 Å². The first-order valence-electron chi connectivity index (χ1n) is 9.59. The van der Waals surface area contributed by atoms with Gasteiger partial charge in [0, 0.05) is 39.1 Å². The van der Waals surface area contributed by atoms with Gasteiger partial charge < -0.3 is 9.64 Å². The Labute approximate surface area is 170 Å². The van der Waals surface area contributed by atoms with Crippen LogP contribution in [0.25, 0.3) is 0 Å². The maximum absolute atomic E-state index is 13.3. The lowest BCUT2D eigenvalue weighted by atomic mass is 10.2. The zero-order chi connectivity index (χ0) is 19.8. The number of thioether (sulfide) groups is 1. The average Bonchev–Trinajstić information content (AvgIpc) is 3.19. The number of benzene rings is 2. The molecule has 6 heteroatoms. The molecule has 1 unspecified atom stereocenters. The Kier molecular flexibility index (Phi) is 7.89. The molecule has 1 saturated heterocycles. The molecule has 0 radical (unpaired) electrons. The summed E-state index contributed by atoms with van der Waals surface area (Å²) in [5, 5.41) is -0.0364. The number of nitrogens with zero attached hydrogens (tertiary/aromatic N) is 2. The quantitative estimate of drug-likeness (QED) is 0.595. The minimum Gasteiger partial charge on any atom is -0.385 e. The van der Waals surface area contributed by atoms with Gasteiger partial charge in [-0.3, -0.25) is 9.69 Å². The molecule has 1 fully saturated rings. The summed E-state index contributed by atoms with van der Waals surface area (Å²) < 4.78 is 18.4. The zero-order valence-electron chi connectivity index (χ0n) is 16.2. The summed E-state index contributed by atoms with van der Waals surface area (Å²) in [7, 11) is 1.70. The van der Waals surface area contributed by atoms with Gasteiger partial charge in [0.15, 0.2) is 0 Å². The normalized spacial score (nSPS) is 16.7. The highest BCUT2D eigenvalue weighted by Gasteiger charge is 2.31. The highest BCUT2D eigenvalue weighted by Crippen LogP contribution is 2.37. The molecule has 0 bridgehead atoms. The van der Waals surface area contributed by atoms with E-state index >= 15 is 0 Å². The SMILES string of the molecule is COCCCN(CC(=O)N1CCSC1c1ccc(F)cc1)Cc1ccccc1. The molecular weight excluding hydrogens is 375 g/mol. The Bertz CT molecular complexity index is 742. The number of hydrogen-bond acceptors (Lipinski definition) is 4. The number of halogens is 1. The molecule has 2 aromatic rings. The third-order valence-electron chi connectivity index (χ3n) is 4.80. The molecule has 2 aromatic carbocycles. The average molecular weight is 403 g/mol. The van der Waals surface area contributed by atoms with Crippen molar-refractivity contribution in [2.75, 3.05) is 39.1 Å². The van der Waals surface area contributed by atoms with Crippen LogP contribution in [0.5, 0.6) is 0 Å². The number of carbonyl (C=O) groups excluding carboxylic acids is 1. The second kappa shape index (κ2) is 10.6. The van der Waals surface area contributed by atoms with Crippen LogP contribution >= 0.6 is 11.8 Å². The van der Waals surface area contributed by atoms with Crippen molar-refractivity contribution in [1.82, 2.24) is 9.80 Å². The topological polar surface area (TPSA) is 32.8 Å². The fraction of sp³-hybridized carbons (Fsp3) is 0.409. The van der Waals surface area contributed by atoms with E-state index in [0.29, 0.717) is 13.2 Å². The third-order valence-corrected chi connectivity index (χ3v) is 6.06. The van der Waals surface area contributed by atoms with E-state index in [2.05, 4.69) is 17.0 Å². The molecule has 4 nitrogen and oxygen atoms in total. The first-order chi connectivity index (χ1) is 13.7. The number of amides is 1. The van der Waals surface area contributed by atoms with E-state index in [0.717, 1.165) is 37.4 Å². The van der Waals surface area contributed by atoms with Gasteiger partial charge in [0.05, 0.1) is 6.54 Å². The molecule has 3 rings (SSSR count). The number of carbonyl (C=O) groups is 1. The second-order valence-corrected chi connectivity index (χ2v) is 8.09. The van der Waals surface area contributed by atoms with Crippen LogP contribution in [0.4, 0.5) is 4.39 Å². The summed E-state index contributed by atoms with van der Waals surface area (Å²) in [5.74, 6) is 0.764. The van der Waals surface area contributed by atoms with Crippen molar-refractivity contribution < 1.29 is 13.9 Å². The van der Waals surface area contributed by atoms with Gasteiger partial charge in [0.25, 0.3) is 0 Å². The van der Waals surface area contributed by atoms with Crippen LogP contribution in [0.15, 0.2) is 54.6 Å². The first-order valence-corrected chi connectivity index (χ1v) is 10.6. The van der Waals surface area contributed by atoms with Crippen LogP contribution in [0.2, 0.25) is 0 Å². The van der Waals surface area contributed by atoms with Crippen LogP contribution in [0.3, 0.4) is 0 Å². The van der Waals surface area contributed by atoms with Gasteiger partial charge in [-0.05, 0) is 29.7 Å². The lowest BCUT2D eigenvalue weighted by molar-refractivity contribution is -0.132. The standard InChI is InChI=1S/C22H27FN2O2S/c1-27-14-5-12-24(16-18-6-3-2-4-7-18)17-21(26)25-13-15-28-22(25)19-8-10-20(23)11-9-19/h2-4,6-11,22H,5,12-17H2,1H3. The van der Waals surface area contributed by atoms with Gasteiger partial charge in [-0.1, -0.05) is 42.5 Å². The van der Waals surface area contributed by atoms with Crippen molar-refractivity contribution in [3.63, 3.8) is 0 Å². The maximum Gasteiger partial charge on any atom is 0.237 e. The largest absolute Gasteiger partial charge is 0.385 e. The highest BCUT2D eigenvalue weighted by atomic mass is 32.2. The first kappa shape index (κ1) is 20.8. The van der Waals surface area contributed by atoms with Gasteiger partial charge in [-0.2, -0.15) is 0 Å². The summed E-state index contributed by atoms with van der Waals surface area (Å²) in [4.78, 5) is 17.2. The molecular formula is C22H27FN2O2S. The smallest absolute Gasteiger partial charge is 0.237 e. The molecule has 150 valence electrons. The van der Waals surface area contributed by atoms with Crippen molar-refractivity contribution in [3.8, 4) is 0 Å². The molecule has 1 aliphatic heterocycles. The Morgan fingerprint density at radius 1 is 1.21 bits per heavy atom. The van der Waals surface area contributed by atoms with E-state index in [4.69, 9.17) is 4.74 Å². The molecule has 1 heterocycles. The fourth-order valence-corrected chi connectivity index (χ4v) is 4.68. The van der Waals surface area contributed by atoms with Crippen molar-refractivity contribution in [2.45, 2.75) is 18.3 Å². The molecule has 0 N–H and O–H groups in total. The van der Waals surface area contributed by atoms with Crippen LogP contribution < -0.4 is 0 Å². The number of ether oxygens (including phenoxy) is 1. The predicted molar refractivity (Wildman–Crippen MR) is 112 cm³/mol. The van der Waals surface area contributed by atoms with Gasteiger partial charge >= 0.3 is 0 Å². The fourth-order valence-electron chi connectivity index (χ4n) is 3.40. The highest BCUT2D eigenvalue weighted by molar-refractivity contribution is 7.99. The number of rotatable bonds is 9. The molecule has 1 aliphatic rings. The van der Waals surface area contributed by atoms with Gasteiger partial charge in [-0.15, -0.1) is 11.8 Å². The minimum absolute atomic E-state index is 0.0364. The summed E-state index contributed by atoms with van der Waals surface area (Å²) in [6.07, 6.45) is 0.882. The van der Waals surface area contributed by atoms with Gasteiger partial charge in [-0.25, -0.2) is 4.39 Å². The van der Waals surface area contributed by atoms with E-state index in [-0.39, 0.29) is 17.1 Å². The molecule has 0 saturated carbocycles. The summed E-state index contributed by atoms with van der Waals surface area (Å²) in [6, 6.07) is 16.7. The monoisotopic (exact) mass is 402 g/mol.